The molecular weight excluding hydrogens is 294 g/mol. The Morgan fingerprint density at radius 3 is 2.76 bits per heavy atom. The molecule has 17 heavy (non-hydrogen) atoms. The Balaban J connectivity index is 1.98. The Labute approximate surface area is 116 Å². The monoisotopic (exact) mass is 311 g/mol. The fraction of sp³-hybridized carbons (Fsp3) is 0.571. The third-order valence-corrected chi connectivity index (χ3v) is 6.31. The minimum Gasteiger partial charge on any atom is -0.307 e. The highest BCUT2D eigenvalue weighted by atomic mass is 79.9. The highest BCUT2D eigenvalue weighted by Crippen LogP contribution is 2.47. The van der Waals surface area contributed by atoms with Crippen LogP contribution >= 0.6 is 27.7 Å². The first-order valence-corrected chi connectivity index (χ1v) is 8.05. The maximum absolute atomic E-state index is 3.82. The van der Waals surface area contributed by atoms with E-state index in [-0.39, 0.29) is 0 Å². The van der Waals surface area contributed by atoms with Crippen molar-refractivity contribution in [2.75, 3.05) is 0 Å². The van der Waals surface area contributed by atoms with Crippen molar-refractivity contribution in [3.05, 3.63) is 28.2 Å². The number of nitrogens with one attached hydrogen (secondary N) is 1. The third-order valence-electron chi connectivity index (χ3n) is 3.90. The second-order valence-corrected chi connectivity index (χ2v) is 7.50. The number of rotatable bonds is 2. The summed E-state index contributed by atoms with van der Waals surface area (Å²) in [5, 5.41) is 4.50. The molecule has 3 atom stereocenters. The van der Waals surface area contributed by atoms with Crippen LogP contribution in [-0.4, -0.2) is 11.3 Å². The fourth-order valence-electron chi connectivity index (χ4n) is 2.49. The summed E-state index contributed by atoms with van der Waals surface area (Å²) in [5.74, 6) is 0.697. The van der Waals surface area contributed by atoms with E-state index in [9.17, 15) is 0 Å². The molecule has 1 N–H and O–H groups in total. The van der Waals surface area contributed by atoms with Crippen LogP contribution in [0.5, 0.6) is 0 Å². The van der Waals surface area contributed by atoms with Gasteiger partial charge in [0.05, 0.1) is 0 Å². The van der Waals surface area contributed by atoms with Crippen molar-refractivity contribution in [3.63, 3.8) is 0 Å². The summed E-state index contributed by atoms with van der Waals surface area (Å²) in [6.45, 7) is 4.72. The maximum Gasteiger partial charge on any atom is 0.0370 e. The highest BCUT2D eigenvalue weighted by molar-refractivity contribution is 9.10. The van der Waals surface area contributed by atoms with E-state index >= 15 is 0 Å². The number of benzene rings is 1. The van der Waals surface area contributed by atoms with Gasteiger partial charge in [-0.25, -0.2) is 0 Å². The minimum atomic E-state index is 0.534. The third kappa shape index (κ3) is 2.29. The summed E-state index contributed by atoms with van der Waals surface area (Å²) in [6.07, 6.45) is 2.71. The van der Waals surface area contributed by atoms with Crippen LogP contribution in [0.25, 0.3) is 0 Å². The van der Waals surface area contributed by atoms with Crippen molar-refractivity contribution >= 4 is 27.7 Å². The van der Waals surface area contributed by atoms with Gasteiger partial charge in [-0.2, -0.15) is 0 Å². The predicted molar refractivity (Wildman–Crippen MR) is 77.5 cm³/mol. The van der Waals surface area contributed by atoms with Gasteiger partial charge in [0.15, 0.2) is 0 Å². The van der Waals surface area contributed by atoms with E-state index in [2.05, 4.69) is 53.3 Å². The van der Waals surface area contributed by atoms with Gasteiger partial charge in [-0.15, -0.1) is 11.8 Å². The molecule has 1 heterocycles. The van der Waals surface area contributed by atoms with Gasteiger partial charge in [-0.05, 0) is 46.3 Å². The summed E-state index contributed by atoms with van der Waals surface area (Å²) in [5.41, 5.74) is 1.49. The van der Waals surface area contributed by atoms with Crippen molar-refractivity contribution < 1.29 is 0 Å². The van der Waals surface area contributed by atoms with Crippen LogP contribution in [0.4, 0.5) is 0 Å². The molecular formula is C14H18BrNS. The minimum absolute atomic E-state index is 0.534. The Kier molecular flexibility index (Phi) is 3.26. The number of fused-ring (bicyclic) bond motifs is 1. The Morgan fingerprint density at radius 1 is 1.29 bits per heavy atom. The van der Waals surface area contributed by atoms with E-state index in [4.69, 9.17) is 0 Å². The number of thioether (sulfide) groups is 1. The molecule has 3 heteroatoms. The number of hydrogen-bond acceptors (Lipinski definition) is 2. The number of hydrogen-bond donors (Lipinski definition) is 1. The second-order valence-electron chi connectivity index (χ2n) is 5.26. The molecule has 92 valence electrons. The standard InChI is InChI=1S/C14H18BrNS/c1-8-9(2)17-14-11(4-3-5-12(14)15)13(8)16-10-6-7-10/h3-5,8-10,13,16H,6-7H2,1-2H3. The molecule has 0 saturated heterocycles. The molecule has 1 nitrogen and oxygen atoms in total. The molecule has 2 aliphatic rings. The molecule has 1 fully saturated rings. The molecule has 0 bridgehead atoms. The summed E-state index contributed by atoms with van der Waals surface area (Å²) >= 11 is 5.70. The van der Waals surface area contributed by atoms with Gasteiger partial charge in [0.25, 0.3) is 0 Å². The van der Waals surface area contributed by atoms with Gasteiger partial charge < -0.3 is 5.32 Å². The molecule has 0 amide bonds. The lowest BCUT2D eigenvalue weighted by Gasteiger charge is -2.36. The van der Waals surface area contributed by atoms with Gasteiger partial charge >= 0.3 is 0 Å². The van der Waals surface area contributed by atoms with Crippen molar-refractivity contribution in [1.29, 1.82) is 0 Å². The van der Waals surface area contributed by atoms with Crippen molar-refractivity contribution in [2.24, 2.45) is 5.92 Å². The topological polar surface area (TPSA) is 12.0 Å². The van der Waals surface area contributed by atoms with Gasteiger partial charge in [0, 0.05) is 26.7 Å². The Morgan fingerprint density at radius 2 is 2.06 bits per heavy atom. The highest BCUT2D eigenvalue weighted by Gasteiger charge is 2.36. The summed E-state index contributed by atoms with van der Waals surface area (Å²) < 4.78 is 1.25. The molecule has 1 aromatic rings. The first-order chi connectivity index (χ1) is 8.16. The van der Waals surface area contributed by atoms with E-state index < -0.39 is 0 Å². The first kappa shape index (κ1) is 12.1. The zero-order valence-corrected chi connectivity index (χ0v) is 12.6. The normalized spacial score (nSPS) is 32.3. The van der Waals surface area contributed by atoms with E-state index in [0.29, 0.717) is 17.2 Å². The van der Waals surface area contributed by atoms with Crippen molar-refractivity contribution in [1.82, 2.24) is 5.32 Å². The Bertz CT molecular complexity index is 430. The average Bonchev–Trinajstić information content (AvgIpc) is 3.10. The van der Waals surface area contributed by atoms with E-state index in [1.165, 1.54) is 27.8 Å². The summed E-state index contributed by atoms with van der Waals surface area (Å²) in [4.78, 5) is 1.44. The van der Waals surface area contributed by atoms with Crippen LogP contribution in [0.1, 0.15) is 38.3 Å². The Hall–Kier alpha value is 0.01000. The van der Waals surface area contributed by atoms with Gasteiger partial charge in [-0.1, -0.05) is 26.0 Å². The first-order valence-electron chi connectivity index (χ1n) is 6.38. The van der Waals surface area contributed by atoms with Crippen molar-refractivity contribution in [2.45, 2.75) is 48.9 Å². The van der Waals surface area contributed by atoms with Gasteiger partial charge in [0.2, 0.25) is 0 Å². The molecule has 1 saturated carbocycles. The second kappa shape index (κ2) is 4.60. The van der Waals surface area contributed by atoms with Crippen LogP contribution in [0.15, 0.2) is 27.6 Å². The fourth-order valence-corrected chi connectivity index (χ4v) is 4.40. The lowest BCUT2D eigenvalue weighted by molar-refractivity contribution is 0.369. The van der Waals surface area contributed by atoms with Crippen molar-refractivity contribution in [3.8, 4) is 0 Å². The summed E-state index contributed by atoms with van der Waals surface area (Å²) in [7, 11) is 0. The molecule has 1 aliphatic heterocycles. The van der Waals surface area contributed by atoms with Gasteiger partial charge in [-0.3, -0.25) is 0 Å². The maximum atomic E-state index is 3.82. The molecule has 3 rings (SSSR count). The molecule has 0 radical (unpaired) electrons. The predicted octanol–water partition coefficient (Wildman–Crippen LogP) is 4.37. The quantitative estimate of drug-likeness (QED) is 0.870. The summed E-state index contributed by atoms with van der Waals surface area (Å²) in [6, 6.07) is 7.90. The molecule has 1 aliphatic carbocycles. The van der Waals surface area contributed by atoms with E-state index in [1.807, 2.05) is 11.8 Å². The van der Waals surface area contributed by atoms with Crippen LogP contribution in [0.2, 0.25) is 0 Å². The zero-order chi connectivity index (χ0) is 12.0. The average molecular weight is 312 g/mol. The molecule has 0 aromatic heterocycles. The van der Waals surface area contributed by atoms with Crippen LogP contribution in [0.3, 0.4) is 0 Å². The van der Waals surface area contributed by atoms with Gasteiger partial charge in [0.1, 0.15) is 0 Å². The molecule has 0 spiro atoms. The number of halogens is 1. The molecule has 3 unspecified atom stereocenters. The molecule has 1 aromatic carbocycles. The lowest BCUT2D eigenvalue weighted by Crippen LogP contribution is -2.35. The van der Waals surface area contributed by atoms with Crippen LogP contribution < -0.4 is 5.32 Å². The zero-order valence-electron chi connectivity index (χ0n) is 10.2. The SMILES string of the molecule is CC1Sc2c(Br)cccc2C(NC2CC2)C1C. The largest absolute Gasteiger partial charge is 0.307 e. The lowest BCUT2D eigenvalue weighted by atomic mass is 9.91. The van der Waals surface area contributed by atoms with E-state index in [0.717, 1.165) is 6.04 Å². The van der Waals surface area contributed by atoms with Crippen LogP contribution in [-0.2, 0) is 0 Å². The van der Waals surface area contributed by atoms with Crippen LogP contribution in [0, 0.1) is 5.92 Å². The van der Waals surface area contributed by atoms with E-state index in [1.54, 1.807) is 0 Å². The smallest absolute Gasteiger partial charge is 0.0370 e.